The van der Waals surface area contributed by atoms with E-state index >= 15 is 0 Å². The van der Waals surface area contributed by atoms with Gasteiger partial charge < -0.3 is 14.6 Å². The van der Waals surface area contributed by atoms with Crippen molar-refractivity contribution in [2.45, 2.75) is 78.1 Å². The molecule has 1 N–H and O–H groups in total. The predicted molar refractivity (Wildman–Crippen MR) is 104 cm³/mol. The van der Waals surface area contributed by atoms with Crippen LogP contribution in [0.25, 0.3) is 0 Å². The first-order valence-electron chi connectivity index (χ1n) is 9.78. The maximum atomic E-state index is 12.2. The average molecular weight is 376 g/mol. The van der Waals surface area contributed by atoms with Gasteiger partial charge in [0.1, 0.15) is 12.2 Å². The van der Waals surface area contributed by atoms with Gasteiger partial charge >= 0.3 is 11.9 Å². The Morgan fingerprint density at radius 1 is 1.33 bits per heavy atom. The predicted octanol–water partition coefficient (Wildman–Crippen LogP) is 3.87. The van der Waals surface area contributed by atoms with Gasteiger partial charge in [0.15, 0.2) is 0 Å². The second-order valence-electron chi connectivity index (χ2n) is 7.93. The van der Waals surface area contributed by atoms with E-state index in [1.807, 2.05) is 19.9 Å². The molecule has 2 aliphatic rings. The Kier molecular flexibility index (Phi) is 7.42. The van der Waals surface area contributed by atoms with Gasteiger partial charge in [-0.25, -0.2) is 4.79 Å². The fourth-order valence-corrected chi connectivity index (χ4v) is 3.88. The lowest BCUT2D eigenvalue weighted by atomic mass is 9.82. The van der Waals surface area contributed by atoms with Crippen LogP contribution in [0.5, 0.6) is 0 Å². The third-order valence-corrected chi connectivity index (χ3v) is 5.68. The van der Waals surface area contributed by atoms with E-state index < -0.39 is 30.3 Å². The molecule has 0 amide bonds. The lowest BCUT2D eigenvalue weighted by Crippen LogP contribution is -2.41. The zero-order valence-corrected chi connectivity index (χ0v) is 16.9. The molecular formula is C22H32O5. The summed E-state index contributed by atoms with van der Waals surface area (Å²) in [5, 5.41) is 10.6. The van der Waals surface area contributed by atoms with Crippen LogP contribution in [0.2, 0.25) is 0 Å². The number of esters is 2. The van der Waals surface area contributed by atoms with Crippen LogP contribution in [0.15, 0.2) is 35.5 Å². The Labute approximate surface area is 162 Å². The smallest absolute Gasteiger partial charge is 0.334 e. The highest BCUT2D eigenvalue weighted by Gasteiger charge is 2.46. The van der Waals surface area contributed by atoms with Gasteiger partial charge in [0.25, 0.3) is 0 Å². The van der Waals surface area contributed by atoms with Gasteiger partial charge in [0.2, 0.25) is 0 Å². The molecule has 0 spiro atoms. The molecule has 5 nitrogen and oxygen atoms in total. The Morgan fingerprint density at radius 2 is 2.04 bits per heavy atom. The second kappa shape index (κ2) is 9.36. The summed E-state index contributed by atoms with van der Waals surface area (Å²) in [5.41, 5.74) is 2.51. The minimum atomic E-state index is -0.700. The van der Waals surface area contributed by atoms with E-state index in [-0.39, 0.29) is 11.8 Å². The van der Waals surface area contributed by atoms with Gasteiger partial charge in [-0.2, -0.15) is 0 Å². The number of hydrogen-bond acceptors (Lipinski definition) is 5. The molecular weight excluding hydrogens is 344 g/mol. The number of ether oxygens (including phenoxy) is 2. The molecule has 0 bridgehead atoms. The van der Waals surface area contributed by atoms with Crippen LogP contribution >= 0.6 is 0 Å². The van der Waals surface area contributed by atoms with Crippen LogP contribution in [-0.4, -0.2) is 35.4 Å². The standard InChI is InChI=1S/C22H32O5/c1-13-8-6-10-14(2)19(24)12-18-16(4)22(25)27-21(18)20(26-17(5)23)15(3)11-7-9-13/h8,10,15,18-21,24H,4,6-7,9,11-12H2,1-3,5H3/b13-8+,14-10+/t15-,18-,19-,20+,21+/m0/s1. The first kappa shape index (κ1) is 21.4. The van der Waals surface area contributed by atoms with E-state index in [1.165, 1.54) is 12.5 Å². The Bertz CT molecular complexity index is 645. The molecule has 150 valence electrons. The maximum Gasteiger partial charge on any atom is 0.334 e. The third-order valence-electron chi connectivity index (χ3n) is 5.68. The van der Waals surface area contributed by atoms with E-state index in [0.29, 0.717) is 12.0 Å². The molecule has 0 unspecified atom stereocenters. The van der Waals surface area contributed by atoms with Crippen LogP contribution in [0.1, 0.15) is 59.8 Å². The number of aliphatic hydroxyl groups excluding tert-OH is 1. The minimum Gasteiger partial charge on any atom is -0.458 e. The fourth-order valence-electron chi connectivity index (χ4n) is 3.88. The molecule has 0 saturated carbocycles. The van der Waals surface area contributed by atoms with E-state index in [4.69, 9.17) is 9.47 Å². The Hall–Kier alpha value is -1.88. The highest BCUT2D eigenvalue weighted by molar-refractivity contribution is 5.91. The summed E-state index contributed by atoms with van der Waals surface area (Å²) in [4.78, 5) is 23.9. The van der Waals surface area contributed by atoms with Crippen molar-refractivity contribution >= 4 is 11.9 Å². The molecule has 5 heteroatoms. The Balaban J connectivity index is 2.36. The van der Waals surface area contributed by atoms with Crippen molar-refractivity contribution in [2.24, 2.45) is 11.8 Å². The maximum absolute atomic E-state index is 12.2. The molecule has 2 rings (SSSR count). The Morgan fingerprint density at radius 3 is 2.70 bits per heavy atom. The molecule has 5 atom stereocenters. The number of aliphatic hydroxyl groups is 1. The molecule has 0 radical (unpaired) electrons. The van der Waals surface area contributed by atoms with Crippen LogP contribution in [-0.2, 0) is 19.1 Å². The number of fused-ring (bicyclic) bond motifs is 1. The largest absolute Gasteiger partial charge is 0.458 e. The molecule has 1 fully saturated rings. The number of hydrogen-bond donors (Lipinski definition) is 1. The second-order valence-corrected chi connectivity index (χ2v) is 7.93. The average Bonchev–Trinajstić information content (AvgIpc) is 2.86. The number of carbonyl (C=O) groups is 2. The molecule has 1 aliphatic heterocycles. The van der Waals surface area contributed by atoms with Crippen LogP contribution in [0.4, 0.5) is 0 Å². The van der Waals surface area contributed by atoms with Crippen molar-refractivity contribution in [1.29, 1.82) is 0 Å². The molecule has 1 aliphatic carbocycles. The SMILES string of the molecule is C=C1C(=O)O[C@H]2[C@H](OC(C)=O)[C@@H](C)CCC/C(C)=C/C/C=C(\C)[C@@H](O)C[C@@H]12. The molecule has 0 aromatic carbocycles. The van der Waals surface area contributed by atoms with Crippen molar-refractivity contribution in [3.8, 4) is 0 Å². The van der Waals surface area contributed by atoms with Crippen molar-refractivity contribution in [1.82, 2.24) is 0 Å². The minimum absolute atomic E-state index is 0.0321. The van der Waals surface area contributed by atoms with E-state index in [9.17, 15) is 14.7 Å². The summed E-state index contributed by atoms with van der Waals surface area (Å²) < 4.78 is 11.2. The van der Waals surface area contributed by atoms with Gasteiger partial charge in [-0.3, -0.25) is 4.79 Å². The third kappa shape index (κ3) is 5.55. The molecule has 0 aromatic heterocycles. The van der Waals surface area contributed by atoms with Crippen LogP contribution in [0.3, 0.4) is 0 Å². The lowest BCUT2D eigenvalue weighted by molar-refractivity contribution is -0.165. The van der Waals surface area contributed by atoms with Crippen molar-refractivity contribution < 1.29 is 24.2 Å². The van der Waals surface area contributed by atoms with Gasteiger partial charge in [-0.1, -0.05) is 31.2 Å². The molecule has 1 heterocycles. The molecule has 0 aromatic rings. The number of rotatable bonds is 1. The summed E-state index contributed by atoms with van der Waals surface area (Å²) in [7, 11) is 0. The normalized spacial score (nSPS) is 37.1. The van der Waals surface area contributed by atoms with Crippen molar-refractivity contribution in [3.05, 3.63) is 35.5 Å². The van der Waals surface area contributed by atoms with Crippen molar-refractivity contribution in [2.75, 3.05) is 0 Å². The van der Waals surface area contributed by atoms with Crippen LogP contribution < -0.4 is 0 Å². The summed E-state index contributed by atoms with van der Waals surface area (Å²) in [6.07, 6.45) is 6.25. The fraction of sp³-hybridized carbons (Fsp3) is 0.636. The van der Waals surface area contributed by atoms with Crippen molar-refractivity contribution in [3.63, 3.8) is 0 Å². The summed E-state index contributed by atoms with van der Waals surface area (Å²) in [6, 6.07) is 0. The summed E-state index contributed by atoms with van der Waals surface area (Å²) in [5.74, 6) is -1.20. The van der Waals surface area contributed by atoms with Gasteiger partial charge in [0, 0.05) is 18.4 Å². The highest BCUT2D eigenvalue weighted by Crippen LogP contribution is 2.37. The van der Waals surface area contributed by atoms with Gasteiger partial charge in [-0.15, -0.1) is 0 Å². The van der Waals surface area contributed by atoms with Gasteiger partial charge in [-0.05, 0) is 57.4 Å². The zero-order chi connectivity index (χ0) is 20.1. The molecule has 27 heavy (non-hydrogen) atoms. The summed E-state index contributed by atoms with van der Waals surface area (Å²) in [6.45, 7) is 11.3. The number of carbonyl (C=O) groups excluding carboxylic acids is 2. The molecule has 1 saturated heterocycles. The van der Waals surface area contributed by atoms with Gasteiger partial charge in [0.05, 0.1) is 6.10 Å². The van der Waals surface area contributed by atoms with E-state index in [2.05, 4.69) is 19.6 Å². The first-order chi connectivity index (χ1) is 12.7. The summed E-state index contributed by atoms with van der Waals surface area (Å²) >= 11 is 0. The highest BCUT2D eigenvalue weighted by atomic mass is 16.6. The number of allylic oxidation sites excluding steroid dienone is 3. The van der Waals surface area contributed by atoms with E-state index in [1.54, 1.807) is 0 Å². The quantitative estimate of drug-likeness (QED) is 0.427. The zero-order valence-electron chi connectivity index (χ0n) is 16.9. The van der Waals surface area contributed by atoms with Crippen LogP contribution in [0, 0.1) is 11.8 Å². The monoisotopic (exact) mass is 376 g/mol. The topological polar surface area (TPSA) is 72.8 Å². The van der Waals surface area contributed by atoms with E-state index in [0.717, 1.165) is 31.3 Å². The first-order valence-corrected chi connectivity index (χ1v) is 9.78. The lowest BCUT2D eigenvalue weighted by Gasteiger charge is -2.32.